The van der Waals surface area contributed by atoms with Crippen molar-refractivity contribution in [1.29, 1.82) is 0 Å². The van der Waals surface area contributed by atoms with Crippen LogP contribution in [0.1, 0.15) is 323 Å². The summed E-state index contributed by atoms with van der Waals surface area (Å²) in [4.78, 5) is 38.3. The number of carbonyl (C=O) groups is 3. The first-order chi connectivity index (χ1) is 38.5. The third-order valence-corrected chi connectivity index (χ3v) is 14.3. The van der Waals surface area contributed by atoms with Crippen LogP contribution in [0.25, 0.3) is 0 Å². The predicted octanol–water partition coefficient (Wildman–Crippen LogP) is 22.8. The van der Waals surface area contributed by atoms with Gasteiger partial charge in [-0.1, -0.05) is 279 Å². The van der Waals surface area contributed by atoms with Crippen LogP contribution in [0.5, 0.6) is 0 Å². The SMILES string of the molecule is CC/C=C\C/C=C\C/C=C\C/C=C\C/C=C\CCCCCCCCCCCCCCCCCC(=O)OCC(COC(=O)CCCCCCC/C=C\CCCCC)OC(=O)CCCCCCCCC/C=C\C/C=C\CCCCC. The first kappa shape index (κ1) is 74.3. The minimum atomic E-state index is -0.785. The van der Waals surface area contributed by atoms with Gasteiger partial charge in [-0.15, -0.1) is 0 Å². The van der Waals surface area contributed by atoms with E-state index in [0.717, 1.165) is 109 Å². The number of esters is 3. The van der Waals surface area contributed by atoms with E-state index >= 15 is 0 Å². The molecule has 0 heterocycles. The fourth-order valence-electron chi connectivity index (χ4n) is 9.32. The lowest BCUT2D eigenvalue weighted by atomic mass is 10.0. The van der Waals surface area contributed by atoms with E-state index in [0.29, 0.717) is 19.3 Å². The van der Waals surface area contributed by atoms with Gasteiger partial charge in [0.25, 0.3) is 0 Å². The Bertz CT molecular complexity index is 1530. The molecule has 0 aromatic heterocycles. The lowest BCUT2D eigenvalue weighted by molar-refractivity contribution is -0.167. The van der Waals surface area contributed by atoms with Crippen molar-refractivity contribution in [2.75, 3.05) is 13.2 Å². The molecule has 1 atom stereocenters. The van der Waals surface area contributed by atoms with Gasteiger partial charge in [-0.3, -0.25) is 14.4 Å². The molecule has 448 valence electrons. The van der Waals surface area contributed by atoms with Gasteiger partial charge in [-0.25, -0.2) is 0 Å². The molecule has 6 nitrogen and oxygen atoms in total. The quantitative estimate of drug-likeness (QED) is 0.0261. The highest BCUT2D eigenvalue weighted by molar-refractivity contribution is 5.71. The van der Waals surface area contributed by atoms with Gasteiger partial charge in [0.15, 0.2) is 6.10 Å². The largest absolute Gasteiger partial charge is 0.462 e. The van der Waals surface area contributed by atoms with Crippen LogP contribution in [0.2, 0.25) is 0 Å². The maximum Gasteiger partial charge on any atom is 0.306 e. The van der Waals surface area contributed by atoms with E-state index in [4.69, 9.17) is 14.2 Å². The van der Waals surface area contributed by atoms with E-state index in [9.17, 15) is 14.4 Å². The summed E-state index contributed by atoms with van der Waals surface area (Å²) < 4.78 is 16.9. The number of unbranched alkanes of at least 4 members (excludes halogenated alkanes) is 33. The van der Waals surface area contributed by atoms with Crippen LogP contribution >= 0.6 is 0 Å². The summed E-state index contributed by atoms with van der Waals surface area (Å²) in [5.74, 6) is -0.887. The summed E-state index contributed by atoms with van der Waals surface area (Å²) in [5.41, 5.74) is 0. The second kappa shape index (κ2) is 65.8. The lowest BCUT2D eigenvalue weighted by Gasteiger charge is -2.18. The zero-order chi connectivity index (χ0) is 56.4. The molecule has 6 heteroatoms. The van der Waals surface area contributed by atoms with Gasteiger partial charge >= 0.3 is 17.9 Å². The van der Waals surface area contributed by atoms with Gasteiger partial charge < -0.3 is 14.2 Å². The zero-order valence-electron chi connectivity index (χ0n) is 51.4. The Morgan fingerprint density at radius 1 is 0.269 bits per heavy atom. The Labute approximate surface area is 483 Å². The maximum atomic E-state index is 12.9. The summed E-state index contributed by atoms with van der Waals surface area (Å²) in [5, 5.41) is 0. The van der Waals surface area contributed by atoms with Crippen molar-refractivity contribution in [3.05, 3.63) is 97.2 Å². The number of rotatable bonds is 60. The molecular formula is C72H124O6. The second-order valence-corrected chi connectivity index (χ2v) is 22.0. The molecule has 0 aromatic rings. The highest BCUT2D eigenvalue weighted by Crippen LogP contribution is 2.17. The molecular weight excluding hydrogens is 961 g/mol. The first-order valence-corrected chi connectivity index (χ1v) is 33.2. The molecule has 0 saturated heterocycles. The van der Waals surface area contributed by atoms with Gasteiger partial charge in [0.2, 0.25) is 0 Å². The lowest BCUT2D eigenvalue weighted by Crippen LogP contribution is -2.30. The molecule has 0 aromatic carbocycles. The highest BCUT2D eigenvalue weighted by atomic mass is 16.6. The number of hydrogen-bond donors (Lipinski definition) is 0. The summed E-state index contributed by atoms with van der Waals surface area (Å²) in [7, 11) is 0. The molecule has 1 unspecified atom stereocenters. The smallest absolute Gasteiger partial charge is 0.306 e. The van der Waals surface area contributed by atoms with Crippen LogP contribution in [-0.4, -0.2) is 37.2 Å². The van der Waals surface area contributed by atoms with Crippen LogP contribution in [0.3, 0.4) is 0 Å². The van der Waals surface area contributed by atoms with E-state index in [1.807, 2.05) is 0 Å². The van der Waals surface area contributed by atoms with Gasteiger partial charge in [-0.2, -0.15) is 0 Å². The Balaban J connectivity index is 4.20. The van der Waals surface area contributed by atoms with E-state index in [-0.39, 0.29) is 31.1 Å². The third-order valence-electron chi connectivity index (χ3n) is 14.3. The number of ether oxygens (including phenoxy) is 3. The molecule has 0 spiro atoms. The second-order valence-electron chi connectivity index (χ2n) is 22.0. The molecule has 0 bridgehead atoms. The van der Waals surface area contributed by atoms with Crippen molar-refractivity contribution in [3.63, 3.8) is 0 Å². The average Bonchev–Trinajstić information content (AvgIpc) is 3.44. The molecule has 0 radical (unpaired) electrons. The standard InChI is InChI=1S/C72H124O6/c1-4-7-10-13-16-19-22-25-27-29-30-31-32-33-34-35-36-37-38-39-40-41-42-44-45-47-50-53-56-59-62-65-71(74)77-68-69(67-76-70(73)64-61-58-55-52-49-24-21-18-15-12-9-6-3)78-72(75)66-63-60-57-54-51-48-46-43-28-26-23-20-17-14-11-8-5-2/h7,10,16-21,25-28,30-31,33-34,69H,4-6,8-9,11-15,22-24,29,32,35-68H2,1-3H3/b10-7-,19-16-,20-17-,21-18-,27-25-,28-26-,31-30-,34-33-. The molecule has 0 amide bonds. The fraction of sp³-hybridized carbons (Fsp3) is 0.736. The number of allylic oxidation sites excluding steroid dienone is 16. The first-order valence-electron chi connectivity index (χ1n) is 33.2. The van der Waals surface area contributed by atoms with Crippen LogP contribution in [-0.2, 0) is 28.6 Å². The van der Waals surface area contributed by atoms with E-state index in [2.05, 4.69) is 118 Å². The summed E-state index contributed by atoms with van der Waals surface area (Å²) in [6.45, 7) is 6.49. The van der Waals surface area contributed by atoms with Crippen molar-refractivity contribution < 1.29 is 28.6 Å². The topological polar surface area (TPSA) is 78.9 Å². The van der Waals surface area contributed by atoms with Gasteiger partial charge in [0.1, 0.15) is 13.2 Å². The molecule has 0 aliphatic carbocycles. The third kappa shape index (κ3) is 63.2. The molecule has 0 aliphatic rings. The Morgan fingerprint density at radius 2 is 0.500 bits per heavy atom. The number of hydrogen-bond acceptors (Lipinski definition) is 6. The van der Waals surface area contributed by atoms with Crippen molar-refractivity contribution in [2.45, 2.75) is 329 Å². The molecule has 0 fully saturated rings. The monoisotopic (exact) mass is 1080 g/mol. The van der Waals surface area contributed by atoms with Crippen molar-refractivity contribution >= 4 is 17.9 Å². The van der Waals surface area contributed by atoms with Gasteiger partial charge in [0, 0.05) is 19.3 Å². The summed E-state index contributed by atoms with van der Waals surface area (Å²) >= 11 is 0. The Morgan fingerprint density at radius 3 is 0.795 bits per heavy atom. The average molecular weight is 1090 g/mol. The van der Waals surface area contributed by atoms with Crippen molar-refractivity contribution in [2.24, 2.45) is 0 Å². The normalized spacial score (nSPS) is 12.7. The molecule has 0 N–H and O–H groups in total. The Hall–Kier alpha value is -3.67. The summed E-state index contributed by atoms with van der Waals surface area (Å²) in [6, 6.07) is 0. The van der Waals surface area contributed by atoms with Crippen LogP contribution in [0.15, 0.2) is 97.2 Å². The molecule has 78 heavy (non-hydrogen) atoms. The zero-order valence-corrected chi connectivity index (χ0v) is 51.4. The predicted molar refractivity (Wildman–Crippen MR) is 339 cm³/mol. The highest BCUT2D eigenvalue weighted by Gasteiger charge is 2.19. The Kier molecular flexibility index (Phi) is 62.7. The molecule has 0 aliphatic heterocycles. The van der Waals surface area contributed by atoms with Crippen LogP contribution < -0.4 is 0 Å². The van der Waals surface area contributed by atoms with Crippen LogP contribution in [0, 0.1) is 0 Å². The molecule has 0 rings (SSSR count). The maximum absolute atomic E-state index is 12.9. The van der Waals surface area contributed by atoms with Crippen molar-refractivity contribution in [1.82, 2.24) is 0 Å². The number of carbonyl (C=O) groups excluding carboxylic acids is 3. The minimum absolute atomic E-state index is 0.0811. The fourth-order valence-corrected chi connectivity index (χ4v) is 9.32. The van der Waals surface area contributed by atoms with Crippen molar-refractivity contribution in [3.8, 4) is 0 Å². The van der Waals surface area contributed by atoms with Gasteiger partial charge in [-0.05, 0) is 122 Å². The summed E-state index contributed by atoms with van der Waals surface area (Å²) in [6.07, 6.45) is 88.5. The van der Waals surface area contributed by atoms with Crippen LogP contribution in [0.4, 0.5) is 0 Å². The minimum Gasteiger partial charge on any atom is -0.462 e. The van der Waals surface area contributed by atoms with Gasteiger partial charge in [0.05, 0.1) is 0 Å². The van der Waals surface area contributed by atoms with E-state index in [1.165, 1.54) is 173 Å². The van der Waals surface area contributed by atoms with E-state index in [1.54, 1.807) is 0 Å². The molecule has 0 saturated carbocycles. The van der Waals surface area contributed by atoms with E-state index < -0.39 is 6.10 Å².